The van der Waals surface area contributed by atoms with Crippen molar-refractivity contribution in [1.29, 1.82) is 0 Å². The van der Waals surface area contributed by atoms with Gasteiger partial charge in [0.2, 0.25) is 0 Å². The SMILES string of the molecule is CCOC(=O)c1cnc(SC)nc1NC1CCc2cccc(OC)c21. The zero-order valence-corrected chi connectivity index (χ0v) is 15.4. The van der Waals surface area contributed by atoms with Crippen LogP contribution in [0, 0.1) is 0 Å². The fourth-order valence-corrected chi connectivity index (χ4v) is 3.41. The van der Waals surface area contributed by atoms with Crippen molar-refractivity contribution < 1.29 is 14.3 Å². The number of aromatic nitrogens is 2. The molecule has 0 radical (unpaired) electrons. The zero-order valence-electron chi connectivity index (χ0n) is 14.5. The van der Waals surface area contributed by atoms with Crippen molar-refractivity contribution in [3.8, 4) is 5.75 Å². The fraction of sp³-hybridized carbons (Fsp3) is 0.389. The lowest BCUT2D eigenvalue weighted by molar-refractivity contribution is 0.0526. The van der Waals surface area contributed by atoms with Gasteiger partial charge in [0, 0.05) is 11.8 Å². The number of esters is 1. The third kappa shape index (κ3) is 3.56. The number of rotatable bonds is 6. The Kier molecular flexibility index (Phi) is 5.43. The van der Waals surface area contributed by atoms with E-state index in [4.69, 9.17) is 9.47 Å². The Morgan fingerprint density at radius 3 is 3.00 bits per heavy atom. The number of methoxy groups -OCH3 is 1. The maximum atomic E-state index is 12.2. The number of aryl methyl sites for hydroxylation is 1. The lowest BCUT2D eigenvalue weighted by atomic mass is 10.1. The summed E-state index contributed by atoms with van der Waals surface area (Å²) in [4.78, 5) is 20.9. The molecule has 1 aliphatic carbocycles. The summed E-state index contributed by atoms with van der Waals surface area (Å²) >= 11 is 1.43. The van der Waals surface area contributed by atoms with Crippen LogP contribution in [0.4, 0.5) is 5.82 Å². The average molecular weight is 359 g/mol. The first-order valence-electron chi connectivity index (χ1n) is 8.18. The van der Waals surface area contributed by atoms with Crippen LogP contribution < -0.4 is 10.1 Å². The number of hydrogen-bond donors (Lipinski definition) is 1. The van der Waals surface area contributed by atoms with Crippen LogP contribution in [0.5, 0.6) is 5.75 Å². The van der Waals surface area contributed by atoms with E-state index in [0.717, 1.165) is 24.2 Å². The molecule has 132 valence electrons. The molecule has 2 aromatic rings. The Hall–Kier alpha value is -2.28. The van der Waals surface area contributed by atoms with E-state index < -0.39 is 5.97 Å². The summed E-state index contributed by atoms with van der Waals surface area (Å²) in [6.07, 6.45) is 5.30. The van der Waals surface area contributed by atoms with Crippen LogP contribution in [0.15, 0.2) is 29.6 Å². The second kappa shape index (κ2) is 7.74. The third-order valence-electron chi connectivity index (χ3n) is 4.18. The maximum absolute atomic E-state index is 12.2. The highest BCUT2D eigenvalue weighted by atomic mass is 32.2. The van der Waals surface area contributed by atoms with Crippen LogP contribution in [-0.4, -0.2) is 35.9 Å². The number of ether oxygens (including phenoxy) is 2. The van der Waals surface area contributed by atoms with Crippen molar-refractivity contribution in [3.63, 3.8) is 0 Å². The Morgan fingerprint density at radius 2 is 2.28 bits per heavy atom. The van der Waals surface area contributed by atoms with E-state index in [2.05, 4.69) is 21.4 Å². The van der Waals surface area contributed by atoms with Crippen LogP contribution in [0.3, 0.4) is 0 Å². The quantitative estimate of drug-likeness (QED) is 0.481. The van der Waals surface area contributed by atoms with Gasteiger partial charge in [0.1, 0.15) is 17.1 Å². The topological polar surface area (TPSA) is 73.3 Å². The molecule has 1 aromatic carbocycles. The van der Waals surface area contributed by atoms with E-state index in [1.807, 2.05) is 18.4 Å². The van der Waals surface area contributed by atoms with Gasteiger partial charge in [-0.1, -0.05) is 23.9 Å². The highest BCUT2D eigenvalue weighted by molar-refractivity contribution is 7.98. The minimum Gasteiger partial charge on any atom is -0.496 e. The van der Waals surface area contributed by atoms with Crippen LogP contribution in [0.1, 0.15) is 40.9 Å². The predicted octanol–water partition coefficient (Wildman–Crippen LogP) is 3.48. The van der Waals surface area contributed by atoms with E-state index in [-0.39, 0.29) is 6.04 Å². The molecule has 0 bridgehead atoms. The molecule has 25 heavy (non-hydrogen) atoms. The molecule has 0 aliphatic heterocycles. The van der Waals surface area contributed by atoms with Gasteiger partial charge in [-0.05, 0) is 37.7 Å². The van der Waals surface area contributed by atoms with Gasteiger partial charge in [-0.15, -0.1) is 0 Å². The summed E-state index contributed by atoms with van der Waals surface area (Å²) in [6, 6.07) is 6.10. The number of carbonyl (C=O) groups is 1. The normalized spacial score (nSPS) is 15.6. The van der Waals surface area contributed by atoms with E-state index in [0.29, 0.717) is 23.1 Å². The Balaban J connectivity index is 1.95. The van der Waals surface area contributed by atoms with Gasteiger partial charge in [-0.25, -0.2) is 14.8 Å². The van der Waals surface area contributed by atoms with Crippen LogP contribution in [-0.2, 0) is 11.2 Å². The van der Waals surface area contributed by atoms with Crippen LogP contribution >= 0.6 is 11.8 Å². The molecule has 1 heterocycles. The number of thioether (sulfide) groups is 1. The summed E-state index contributed by atoms with van der Waals surface area (Å²) in [7, 11) is 1.67. The first-order chi connectivity index (χ1) is 12.2. The second-order valence-corrected chi connectivity index (χ2v) is 6.38. The molecule has 1 unspecified atom stereocenters. The molecule has 3 rings (SSSR count). The standard InChI is InChI=1S/C18H21N3O3S/c1-4-24-17(22)12-10-19-18(25-3)21-16(12)20-13-9-8-11-6-5-7-14(23-2)15(11)13/h5-7,10,13H,4,8-9H2,1-3H3,(H,19,20,21). The highest BCUT2D eigenvalue weighted by Gasteiger charge is 2.28. The van der Waals surface area contributed by atoms with Crippen LogP contribution in [0.25, 0.3) is 0 Å². The average Bonchev–Trinajstić information content (AvgIpc) is 3.05. The van der Waals surface area contributed by atoms with Crippen molar-refractivity contribution in [2.75, 3.05) is 25.3 Å². The van der Waals surface area contributed by atoms with Gasteiger partial charge in [-0.2, -0.15) is 0 Å². The largest absolute Gasteiger partial charge is 0.496 e. The van der Waals surface area contributed by atoms with Crippen molar-refractivity contribution >= 4 is 23.5 Å². The zero-order chi connectivity index (χ0) is 17.8. The van der Waals surface area contributed by atoms with E-state index in [1.165, 1.54) is 23.5 Å². The molecule has 1 N–H and O–H groups in total. The number of carbonyl (C=O) groups excluding carboxylic acids is 1. The lowest BCUT2D eigenvalue weighted by Crippen LogP contribution is -2.16. The van der Waals surface area contributed by atoms with Crippen molar-refractivity contribution in [1.82, 2.24) is 9.97 Å². The van der Waals surface area contributed by atoms with Gasteiger partial charge < -0.3 is 14.8 Å². The molecular formula is C18H21N3O3S. The second-order valence-electron chi connectivity index (χ2n) is 5.61. The van der Waals surface area contributed by atoms with Gasteiger partial charge in [-0.3, -0.25) is 0 Å². The molecule has 0 spiro atoms. The first kappa shape index (κ1) is 17.5. The highest BCUT2D eigenvalue weighted by Crippen LogP contribution is 2.40. The Bertz CT molecular complexity index is 782. The monoisotopic (exact) mass is 359 g/mol. The number of anilines is 1. The Labute approximate surface area is 151 Å². The summed E-state index contributed by atoms with van der Waals surface area (Å²) < 4.78 is 10.6. The minimum atomic E-state index is -0.420. The molecule has 6 nitrogen and oxygen atoms in total. The van der Waals surface area contributed by atoms with E-state index in [9.17, 15) is 4.79 Å². The predicted molar refractivity (Wildman–Crippen MR) is 97.4 cm³/mol. The van der Waals surface area contributed by atoms with E-state index in [1.54, 1.807) is 14.0 Å². The van der Waals surface area contributed by atoms with Crippen molar-refractivity contribution in [2.45, 2.75) is 31.0 Å². The molecular weight excluding hydrogens is 338 g/mol. The number of nitrogens with zero attached hydrogens (tertiary/aromatic N) is 2. The summed E-state index contributed by atoms with van der Waals surface area (Å²) in [5.41, 5.74) is 2.74. The maximum Gasteiger partial charge on any atom is 0.343 e. The smallest absolute Gasteiger partial charge is 0.343 e. The molecule has 1 atom stereocenters. The van der Waals surface area contributed by atoms with Gasteiger partial charge in [0.25, 0.3) is 0 Å². The minimum absolute atomic E-state index is 0.0314. The molecule has 0 amide bonds. The summed E-state index contributed by atoms with van der Waals surface area (Å²) in [6.45, 7) is 2.09. The van der Waals surface area contributed by atoms with Gasteiger partial charge in [0.15, 0.2) is 5.16 Å². The number of fused-ring (bicyclic) bond motifs is 1. The van der Waals surface area contributed by atoms with Crippen molar-refractivity contribution in [3.05, 3.63) is 41.1 Å². The van der Waals surface area contributed by atoms with Crippen molar-refractivity contribution in [2.24, 2.45) is 0 Å². The molecule has 1 aliphatic rings. The van der Waals surface area contributed by atoms with Gasteiger partial charge in [0.05, 0.1) is 19.8 Å². The first-order valence-corrected chi connectivity index (χ1v) is 9.40. The van der Waals surface area contributed by atoms with E-state index >= 15 is 0 Å². The molecule has 7 heteroatoms. The lowest BCUT2D eigenvalue weighted by Gasteiger charge is -2.19. The number of benzene rings is 1. The van der Waals surface area contributed by atoms with Gasteiger partial charge >= 0.3 is 5.97 Å². The molecule has 1 aromatic heterocycles. The Morgan fingerprint density at radius 1 is 1.44 bits per heavy atom. The summed E-state index contributed by atoms with van der Waals surface area (Å²) in [5.74, 6) is 0.932. The third-order valence-corrected chi connectivity index (χ3v) is 4.74. The molecule has 0 saturated heterocycles. The number of nitrogens with one attached hydrogen (secondary N) is 1. The summed E-state index contributed by atoms with van der Waals surface area (Å²) in [5, 5.41) is 4.01. The fourth-order valence-electron chi connectivity index (χ4n) is 3.07. The molecule has 0 saturated carbocycles. The number of hydrogen-bond acceptors (Lipinski definition) is 7. The molecule has 0 fully saturated rings. The van der Waals surface area contributed by atoms with Crippen LogP contribution in [0.2, 0.25) is 0 Å².